The van der Waals surface area contributed by atoms with Gasteiger partial charge in [-0.25, -0.2) is 0 Å². The Labute approximate surface area is 121 Å². The summed E-state index contributed by atoms with van der Waals surface area (Å²) in [5.41, 5.74) is 0. The lowest BCUT2D eigenvalue weighted by molar-refractivity contribution is 0.0498. The lowest BCUT2D eigenvalue weighted by atomic mass is 10.0. The molecule has 1 aliphatic heterocycles. The Morgan fingerprint density at radius 3 is 2.79 bits per heavy atom. The molecule has 0 bridgehead atoms. The van der Waals surface area contributed by atoms with Crippen LogP contribution in [0.5, 0.6) is 5.75 Å². The Morgan fingerprint density at radius 2 is 1.95 bits per heavy atom. The van der Waals surface area contributed by atoms with E-state index in [1.807, 2.05) is 0 Å². The van der Waals surface area contributed by atoms with Gasteiger partial charge >= 0.3 is 0 Å². The van der Waals surface area contributed by atoms with Crippen molar-refractivity contribution < 1.29 is 9.47 Å². The number of ether oxygens (including phenoxy) is 2. The number of benzene rings is 2. The fourth-order valence-corrected chi connectivity index (χ4v) is 3.04. The minimum absolute atomic E-state index is 0.624. The lowest BCUT2D eigenvalue weighted by Gasteiger charge is -2.22. The highest BCUT2D eigenvalue weighted by molar-refractivity contribution is 9.10. The van der Waals surface area contributed by atoms with E-state index in [2.05, 4.69) is 52.3 Å². The molecule has 1 heterocycles. The van der Waals surface area contributed by atoms with E-state index in [4.69, 9.17) is 9.47 Å². The second kappa shape index (κ2) is 5.93. The number of hydrogen-bond acceptors (Lipinski definition) is 2. The molecule has 0 N–H and O–H groups in total. The van der Waals surface area contributed by atoms with E-state index in [1.165, 1.54) is 10.8 Å². The van der Waals surface area contributed by atoms with E-state index in [9.17, 15) is 0 Å². The first-order valence-corrected chi connectivity index (χ1v) is 7.51. The van der Waals surface area contributed by atoms with Gasteiger partial charge in [0.15, 0.2) is 0 Å². The number of halogens is 1. The minimum atomic E-state index is 0.624. The van der Waals surface area contributed by atoms with Crippen molar-refractivity contribution in [3.63, 3.8) is 0 Å². The number of hydrogen-bond donors (Lipinski definition) is 0. The van der Waals surface area contributed by atoms with Gasteiger partial charge in [-0.05, 0) is 41.7 Å². The molecule has 0 aliphatic carbocycles. The first-order valence-electron chi connectivity index (χ1n) is 6.72. The molecule has 0 unspecified atom stereocenters. The molecule has 0 saturated carbocycles. The van der Waals surface area contributed by atoms with Crippen molar-refractivity contribution in [1.29, 1.82) is 0 Å². The average Bonchev–Trinajstić information content (AvgIpc) is 2.46. The molecular formula is C16H17BrO2. The summed E-state index contributed by atoms with van der Waals surface area (Å²) in [4.78, 5) is 0. The molecule has 2 nitrogen and oxygen atoms in total. The SMILES string of the molecule is Brc1cc(OCC2CCOCC2)cc2ccccc12. The number of rotatable bonds is 3. The van der Waals surface area contributed by atoms with Crippen molar-refractivity contribution in [3.8, 4) is 5.75 Å². The smallest absolute Gasteiger partial charge is 0.121 e. The van der Waals surface area contributed by atoms with E-state index in [1.54, 1.807) is 0 Å². The third-order valence-electron chi connectivity index (χ3n) is 3.61. The Kier molecular flexibility index (Phi) is 4.04. The van der Waals surface area contributed by atoms with Gasteiger partial charge in [0.2, 0.25) is 0 Å². The van der Waals surface area contributed by atoms with E-state index in [0.29, 0.717) is 5.92 Å². The fraction of sp³-hybridized carbons (Fsp3) is 0.375. The monoisotopic (exact) mass is 320 g/mol. The standard InChI is InChI=1S/C16H17BrO2/c17-16-10-14(9-13-3-1-2-4-15(13)16)19-11-12-5-7-18-8-6-12/h1-4,9-10,12H,5-8,11H2. The Balaban J connectivity index is 1.73. The topological polar surface area (TPSA) is 18.5 Å². The summed E-state index contributed by atoms with van der Waals surface area (Å²) < 4.78 is 12.4. The van der Waals surface area contributed by atoms with Gasteiger partial charge in [-0.1, -0.05) is 40.2 Å². The van der Waals surface area contributed by atoms with Crippen LogP contribution >= 0.6 is 15.9 Å². The summed E-state index contributed by atoms with van der Waals surface area (Å²) >= 11 is 3.61. The van der Waals surface area contributed by atoms with Gasteiger partial charge in [-0.15, -0.1) is 0 Å². The maximum Gasteiger partial charge on any atom is 0.121 e. The predicted molar refractivity (Wildman–Crippen MR) is 80.7 cm³/mol. The van der Waals surface area contributed by atoms with Crippen LogP contribution in [0.15, 0.2) is 40.9 Å². The van der Waals surface area contributed by atoms with Crippen LogP contribution in [-0.2, 0) is 4.74 Å². The van der Waals surface area contributed by atoms with Crippen molar-refractivity contribution in [2.24, 2.45) is 5.92 Å². The zero-order valence-electron chi connectivity index (χ0n) is 10.8. The summed E-state index contributed by atoms with van der Waals surface area (Å²) in [6.07, 6.45) is 2.21. The van der Waals surface area contributed by atoms with E-state index in [0.717, 1.165) is 42.9 Å². The van der Waals surface area contributed by atoms with Crippen molar-refractivity contribution in [2.45, 2.75) is 12.8 Å². The zero-order chi connectivity index (χ0) is 13.1. The maximum absolute atomic E-state index is 5.95. The summed E-state index contributed by atoms with van der Waals surface area (Å²) in [6.45, 7) is 2.53. The molecule has 2 aromatic rings. The molecule has 0 radical (unpaired) electrons. The maximum atomic E-state index is 5.95. The van der Waals surface area contributed by atoms with Crippen LogP contribution < -0.4 is 4.74 Å². The molecule has 2 aromatic carbocycles. The second-order valence-electron chi connectivity index (χ2n) is 4.99. The van der Waals surface area contributed by atoms with Gasteiger partial charge < -0.3 is 9.47 Å². The fourth-order valence-electron chi connectivity index (χ4n) is 2.45. The molecule has 0 amide bonds. The Bertz CT molecular complexity index is 562. The normalized spacial score (nSPS) is 16.7. The molecule has 0 spiro atoms. The van der Waals surface area contributed by atoms with Crippen LogP contribution in [0.1, 0.15) is 12.8 Å². The lowest BCUT2D eigenvalue weighted by Crippen LogP contribution is -2.21. The molecule has 3 heteroatoms. The van der Waals surface area contributed by atoms with Gasteiger partial charge in [0.25, 0.3) is 0 Å². The van der Waals surface area contributed by atoms with Crippen LogP contribution in [0.2, 0.25) is 0 Å². The first kappa shape index (κ1) is 12.9. The highest BCUT2D eigenvalue weighted by Gasteiger charge is 2.14. The van der Waals surface area contributed by atoms with E-state index < -0.39 is 0 Å². The molecule has 1 aliphatic rings. The van der Waals surface area contributed by atoms with Crippen LogP contribution in [0.25, 0.3) is 10.8 Å². The van der Waals surface area contributed by atoms with Crippen LogP contribution in [-0.4, -0.2) is 19.8 Å². The quantitative estimate of drug-likeness (QED) is 0.834. The van der Waals surface area contributed by atoms with Gasteiger partial charge in [-0.3, -0.25) is 0 Å². The third-order valence-corrected chi connectivity index (χ3v) is 4.27. The first-order chi connectivity index (χ1) is 9.33. The summed E-state index contributed by atoms with van der Waals surface area (Å²) in [5, 5.41) is 2.43. The van der Waals surface area contributed by atoms with Crippen LogP contribution in [0.3, 0.4) is 0 Å². The number of fused-ring (bicyclic) bond motifs is 1. The highest BCUT2D eigenvalue weighted by Crippen LogP contribution is 2.30. The zero-order valence-corrected chi connectivity index (χ0v) is 12.4. The molecule has 0 atom stereocenters. The molecule has 19 heavy (non-hydrogen) atoms. The van der Waals surface area contributed by atoms with Crippen molar-refractivity contribution in [1.82, 2.24) is 0 Å². The van der Waals surface area contributed by atoms with Gasteiger partial charge in [0, 0.05) is 17.7 Å². The van der Waals surface area contributed by atoms with Crippen molar-refractivity contribution in [3.05, 3.63) is 40.9 Å². The van der Waals surface area contributed by atoms with E-state index in [-0.39, 0.29) is 0 Å². The Hall–Kier alpha value is -1.06. The van der Waals surface area contributed by atoms with Crippen LogP contribution in [0.4, 0.5) is 0 Å². The molecule has 3 rings (SSSR count). The van der Waals surface area contributed by atoms with Gasteiger partial charge in [-0.2, -0.15) is 0 Å². The Morgan fingerprint density at radius 1 is 1.16 bits per heavy atom. The molecule has 1 saturated heterocycles. The van der Waals surface area contributed by atoms with Crippen molar-refractivity contribution in [2.75, 3.05) is 19.8 Å². The largest absolute Gasteiger partial charge is 0.493 e. The van der Waals surface area contributed by atoms with E-state index >= 15 is 0 Å². The van der Waals surface area contributed by atoms with Crippen LogP contribution in [0, 0.1) is 5.92 Å². The van der Waals surface area contributed by atoms with Gasteiger partial charge in [0.05, 0.1) is 6.61 Å². The molecule has 1 fully saturated rings. The summed E-state index contributed by atoms with van der Waals surface area (Å²) in [5.74, 6) is 1.57. The molecule has 100 valence electrons. The highest BCUT2D eigenvalue weighted by atomic mass is 79.9. The third kappa shape index (κ3) is 3.10. The molecule has 0 aromatic heterocycles. The average molecular weight is 321 g/mol. The predicted octanol–water partition coefficient (Wildman–Crippen LogP) is 4.41. The summed E-state index contributed by atoms with van der Waals surface area (Å²) in [6, 6.07) is 12.5. The minimum Gasteiger partial charge on any atom is -0.493 e. The van der Waals surface area contributed by atoms with Gasteiger partial charge in [0.1, 0.15) is 5.75 Å². The van der Waals surface area contributed by atoms with Crippen molar-refractivity contribution >= 4 is 26.7 Å². The molecular weight excluding hydrogens is 304 g/mol. The summed E-state index contributed by atoms with van der Waals surface area (Å²) in [7, 11) is 0. The second-order valence-corrected chi connectivity index (χ2v) is 5.85.